The lowest BCUT2D eigenvalue weighted by Gasteiger charge is -2.34. The number of nitrogens with one attached hydrogen (secondary N) is 3. The van der Waals surface area contributed by atoms with Gasteiger partial charge in [-0.1, -0.05) is 38.1 Å². The third-order valence-corrected chi connectivity index (χ3v) is 13.5. The van der Waals surface area contributed by atoms with Gasteiger partial charge in [0, 0.05) is 23.8 Å². The van der Waals surface area contributed by atoms with Crippen molar-refractivity contribution in [1.82, 2.24) is 25.2 Å². The lowest BCUT2D eigenvalue weighted by atomic mass is 9.88. The van der Waals surface area contributed by atoms with Crippen LogP contribution in [-0.2, 0) is 29.1 Å². The number of halogens is 4. The molecule has 6 rings (SSSR count). The maximum Gasteiger partial charge on any atom is 0.427 e. The lowest BCUT2D eigenvalue weighted by Crippen LogP contribution is -2.59. The molecule has 60 heavy (non-hydrogen) atoms. The predicted octanol–water partition coefficient (Wildman–Crippen LogP) is 5.56. The van der Waals surface area contributed by atoms with Crippen LogP contribution in [0.4, 0.5) is 22.4 Å². The van der Waals surface area contributed by atoms with Gasteiger partial charge >= 0.3 is 12.3 Å². The van der Waals surface area contributed by atoms with E-state index in [-0.39, 0.29) is 43.7 Å². The SMILES string of the molecule is Cc1cccc2c(OC3CC4C(=O)NC5(C(=O)NS(=O)(=O)C6CC6)CC5C=CCCC(C)CC(C)C(NC(=O)OC(C)(C)C(F)(F)F)C(=O)N4C3)nc(OCC(C)F)cc12. The largest absolute Gasteiger partial charge is 0.474 e. The Hall–Kier alpha value is -4.68. The van der Waals surface area contributed by atoms with E-state index in [1.807, 2.05) is 26.0 Å². The number of ether oxygens (including phenoxy) is 3. The van der Waals surface area contributed by atoms with Crippen molar-refractivity contribution in [2.75, 3.05) is 13.2 Å². The lowest BCUT2D eigenvalue weighted by molar-refractivity contribution is -0.244. The summed E-state index contributed by atoms with van der Waals surface area (Å²) < 4.78 is 99.9. The van der Waals surface area contributed by atoms with Crippen molar-refractivity contribution in [2.45, 2.75) is 133 Å². The zero-order valence-electron chi connectivity index (χ0n) is 34.4. The van der Waals surface area contributed by atoms with E-state index in [2.05, 4.69) is 20.3 Å². The van der Waals surface area contributed by atoms with Crippen molar-refractivity contribution in [3.63, 3.8) is 0 Å². The molecule has 4 aliphatic rings. The van der Waals surface area contributed by atoms with Gasteiger partial charge < -0.3 is 29.7 Å². The van der Waals surface area contributed by atoms with E-state index in [1.165, 1.54) is 6.92 Å². The molecule has 8 atom stereocenters. The first-order valence-corrected chi connectivity index (χ1v) is 21.8. The molecule has 0 spiro atoms. The van der Waals surface area contributed by atoms with Gasteiger partial charge in [-0.15, -0.1) is 0 Å². The molecule has 2 aliphatic carbocycles. The first kappa shape index (κ1) is 44.9. The molecule has 3 fully saturated rings. The number of allylic oxidation sites excluding steroid dienone is 1. The minimum absolute atomic E-state index is 0.0571. The van der Waals surface area contributed by atoms with Crippen LogP contribution >= 0.6 is 0 Å². The van der Waals surface area contributed by atoms with Gasteiger partial charge in [0.2, 0.25) is 39.2 Å². The van der Waals surface area contributed by atoms with Crippen LogP contribution in [0.1, 0.15) is 85.1 Å². The summed E-state index contributed by atoms with van der Waals surface area (Å²) in [5, 5.41) is 5.65. The van der Waals surface area contributed by atoms with Crippen LogP contribution in [0.2, 0.25) is 0 Å². The zero-order chi connectivity index (χ0) is 43.9. The number of carbonyl (C=O) groups is 4. The third kappa shape index (κ3) is 9.92. The molecule has 14 nitrogen and oxygen atoms in total. The number of sulfonamides is 1. The van der Waals surface area contributed by atoms with Crippen LogP contribution in [0.25, 0.3) is 10.8 Å². The number of nitrogens with zero attached hydrogens (tertiary/aromatic N) is 2. The van der Waals surface area contributed by atoms with E-state index in [0.717, 1.165) is 10.5 Å². The van der Waals surface area contributed by atoms with Crippen molar-refractivity contribution in [3.05, 3.63) is 42.0 Å². The summed E-state index contributed by atoms with van der Waals surface area (Å²) in [4.78, 5) is 62.0. The van der Waals surface area contributed by atoms with Gasteiger partial charge in [-0.05, 0) is 95.1 Å². The van der Waals surface area contributed by atoms with E-state index in [4.69, 9.17) is 14.2 Å². The molecule has 2 aliphatic heterocycles. The maximum absolute atomic E-state index is 14.8. The monoisotopic (exact) mass is 867 g/mol. The molecule has 2 aromatic rings. The number of hydrogen-bond acceptors (Lipinski definition) is 10. The number of alkyl carbamates (subject to hydrolysis) is 1. The highest BCUT2D eigenvalue weighted by molar-refractivity contribution is 7.91. The summed E-state index contributed by atoms with van der Waals surface area (Å²) in [5.41, 5.74) is -3.75. The normalized spacial score (nSPS) is 28.3. The first-order valence-electron chi connectivity index (χ1n) is 20.3. The van der Waals surface area contributed by atoms with Crippen molar-refractivity contribution in [2.24, 2.45) is 17.8 Å². The number of aryl methyl sites for hydroxylation is 1. The van der Waals surface area contributed by atoms with Crippen LogP contribution in [0.15, 0.2) is 36.4 Å². The molecule has 2 saturated carbocycles. The van der Waals surface area contributed by atoms with Crippen LogP contribution in [-0.4, -0.2) is 102 Å². The number of alkyl halides is 4. The number of rotatable bonds is 10. The van der Waals surface area contributed by atoms with Gasteiger partial charge in [-0.25, -0.2) is 17.6 Å². The Morgan fingerprint density at radius 3 is 2.48 bits per heavy atom. The van der Waals surface area contributed by atoms with Gasteiger partial charge in [0.05, 0.1) is 11.8 Å². The van der Waals surface area contributed by atoms with E-state index in [9.17, 15) is 45.2 Å². The Morgan fingerprint density at radius 2 is 1.82 bits per heavy atom. The maximum atomic E-state index is 14.8. The summed E-state index contributed by atoms with van der Waals surface area (Å²) in [6.45, 7) is 7.55. The van der Waals surface area contributed by atoms with E-state index >= 15 is 0 Å². The average molecular weight is 868 g/mol. The number of carbonyl (C=O) groups excluding carboxylic acids is 4. The topological polar surface area (TPSA) is 182 Å². The molecule has 3 N–H and O–H groups in total. The molecule has 1 saturated heterocycles. The molecule has 19 heteroatoms. The second kappa shape index (κ2) is 17.0. The average Bonchev–Trinajstić information content (AvgIpc) is 4.07. The van der Waals surface area contributed by atoms with Crippen LogP contribution in [0.5, 0.6) is 11.8 Å². The van der Waals surface area contributed by atoms with Gasteiger partial charge in [-0.2, -0.15) is 18.2 Å². The molecule has 330 valence electrons. The smallest absolute Gasteiger partial charge is 0.427 e. The Bertz CT molecular complexity index is 2130. The summed E-state index contributed by atoms with van der Waals surface area (Å²) in [5.74, 6) is -3.73. The highest BCUT2D eigenvalue weighted by atomic mass is 32.2. The summed E-state index contributed by atoms with van der Waals surface area (Å²) in [7, 11) is -4.01. The molecule has 0 bridgehead atoms. The van der Waals surface area contributed by atoms with E-state index < -0.39 is 92.6 Å². The van der Waals surface area contributed by atoms with Crippen molar-refractivity contribution in [1.29, 1.82) is 0 Å². The quantitative estimate of drug-likeness (QED) is 0.202. The molecular weight excluding hydrogens is 815 g/mol. The molecule has 1 aromatic heterocycles. The second-order valence-corrected chi connectivity index (χ2v) is 19.3. The number of fused-ring (bicyclic) bond motifs is 3. The minimum atomic E-state index is -4.93. The molecule has 4 amide bonds. The van der Waals surface area contributed by atoms with E-state index in [1.54, 1.807) is 31.2 Å². The summed E-state index contributed by atoms with van der Waals surface area (Å²) in [6.07, 6.45) is -2.94. The highest BCUT2D eigenvalue weighted by Crippen LogP contribution is 2.46. The zero-order valence-corrected chi connectivity index (χ0v) is 35.3. The van der Waals surface area contributed by atoms with Crippen molar-refractivity contribution < 1.29 is 59.4 Å². The fraction of sp³-hybridized carbons (Fsp3) is 0.634. The number of hydrogen-bond donors (Lipinski definition) is 3. The Morgan fingerprint density at radius 1 is 1.10 bits per heavy atom. The Kier molecular flexibility index (Phi) is 12.7. The fourth-order valence-corrected chi connectivity index (χ4v) is 9.20. The fourth-order valence-electron chi connectivity index (χ4n) is 7.84. The summed E-state index contributed by atoms with van der Waals surface area (Å²) in [6, 6.07) is 4.16. The number of aromatic nitrogens is 1. The Labute approximate surface area is 346 Å². The summed E-state index contributed by atoms with van der Waals surface area (Å²) >= 11 is 0. The van der Waals surface area contributed by atoms with Crippen LogP contribution < -0.4 is 24.8 Å². The first-order chi connectivity index (χ1) is 28.0. The standard InChI is InChI=1S/C41H53F4N5O9S/c1-22-10-7-8-12-26-19-40(26,37(53)49-60(55,56)28-14-15-28)48-34(51)31-17-27(58-35-29-13-9-11-23(2)30(29)18-32(46-35)57-21-25(4)42)20-50(31)36(52)33(24(3)16-22)47-38(54)59-39(5,6)41(43,44)45/h8-9,11-13,18,22,24-28,31,33H,7,10,14-17,19-21H2,1-6H3,(H,47,54)(H,48,51)(H,49,53). The predicted molar refractivity (Wildman–Crippen MR) is 211 cm³/mol. The Balaban J connectivity index is 1.37. The van der Waals surface area contributed by atoms with Gasteiger partial charge in [0.1, 0.15) is 36.5 Å². The van der Waals surface area contributed by atoms with Gasteiger partial charge in [0.25, 0.3) is 5.91 Å². The van der Waals surface area contributed by atoms with Crippen LogP contribution in [0.3, 0.4) is 0 Å². The van der Waals surface area contributed by atoms with Crippen LogP contribution in [0, 0.1) is 24.7 Å². The molecule has 0 radical (unpaired) electrons. The second-order valence-electron chi connectivity index (χ2n) is 17.3. The number of amides is 4. The third-order valence-electron chi connectivity index (χ3n) is 11.7. The van der Waals surface area contributed by atoms with Crippen molar-refractivity contribution >= 4 is 44.6 Å². The van der Waals surface area contributed by atoms with E-state index in [0.29, 0.717) is 56.7 Å². The number of benzene rings is 1. The highest BCUT2D eigenvalue weighted by Gasteiger charge is 2.62. The molecule has 8 unspecified atom stereocenters. The molecule has 3 heterocycles. The molecular formula is C41H53F4N5O9S. The number of pyridine rings is 1. The van der Waals surface area contributed by atoms with Gasteiger partial charge in [-0.3, -0.25) is 19.1 Å². The van der Waals surface area contributed by atoms with Gasteiger partial charge in [0.15, 0.2) is 0 Å². The minimum Gasteiger partial charge on any atom is -0.474 e. The molecule has 1 aromatic carbocycles. The van der Waals surface area contributed by atoms with Crippen molar-refractivity contribution in [3.8, 4) is 11.8 Å².